The first-order chi connectivity index (χ1) is 16.6. The molecule has 0 unspecified atom stereocenters. The van der Waals surface area contributed by atoms with E-state index in [1.165, 1.54) is 11.8 Å². The summed E-state index contributed by atoms with van der Waals surface area (Å²) in [5.41, 5.74) is 2.47. The summed E-state index contributed by atoms with van der Waals surface area (Å²) in [6.07, 6.45) is 1.88. The van der Waals surface area contributed by atoms with Crippen LogP contribution in [-0.4, -0.2) is 12.9 Å². The molecule has 0 bridgehead atoms. The molecule has 0 aromatic heterocycles. The maximum Gasteiger partial charge on any atom is 0.199 e. The number of benzene rings is 4. The Hall–Kier alpha value is -3.47. The van der Waals surface area contributed by atoms with Gasteiger partial charge in [-0.05, 0) is 66.2 Å². The Labute approximate surface area is 209 Å². The van der Waals surface area contributed by atoms with Gasteiger partial charge in [0.1, 0.15) is 18.1 Å². The van der Waals surface area contributed by atoms with E-state index in [9.17, 15) is 4.79 Å². The minimum absolute atomic E-state index is 0.0876. The van der Waals surface area contributed by atoms with Gasteiger partial charge in [-0.15, -0.1) is 0 Å². The summed E-state index contributed by atoms with van der Waals surface area (Å²) in [4.78, 5) is 15.0. The number of allylic oxidation sites excluding steroid dienone is 1. The van der Waals surface area contributed by atoms with Gasteiger partial charge >= 0.3 is 0 Å². The number of methoxy groups -OCH3 is 1. The third kappa shape index (κ3) is 6.31. The zero-order valence-electron chi connectivity index (χ0n) is 18.6. The van der Waals surface area contributed by atoms with Crippen LogP contribution in [0.4, 0.5) is 0 Å². The first-order valence-corrected chi connectivity index (χ1v) is 11.9. The molecule has 0 spiro atoms. The molecular weight excluding hydrogens is 464 g/mol. The number of ether oxygens (including phenoxy) is 2. The molecule has 5 heteroatoms. The van der Waals surface area contributed by atoms with Crippen molar-refractivity contribution in [2.24, 2.45) is 0 Å². The van der Waals surface area contributed by atoms with Gasteiger partial charge in [0.15, 0.2) is 5.78 Å². The van der Waals surface area contributed by atoms with E-state index in [4.69, 9.17) is 21.1 Å². The Morgan fingerprint density at radius 2 is 1.53 bits per heavy atom. The van der Waals surface area contributed by atoms with E-state index < -0.39 is 0 Å². The summed E-state index contributed by atoms with van der Waals surface area (Å²) in [5, 5.41) is 0.588. The highest BCUT2D eigenvalue weighted by Gasteiger charge is 2.16. The topological polar surface area (TPSA) is 35.5 Å². The Morgan fingerprint density at radius 1 is 0.853 bits per heavy atom. The molecule has 0 fully saturated rings. The molecule has 0 heterocycles. The molecule has 4 rings (SSSR count). The first-order valence-electron chi connectivity index (χ1n) is 10.7. The van der Waals surface area contributed by atoms with Crippen LogP contribution in [0, 0.1) is 0 Å². The fourth-order valence-electron chi connectivity index (χ4n) is 3.26. The monoisotopic (exact) mass is 486 g/mol. The number of ketones is 1. The molecule has 0 atom stereocenters. The van der Waals surface area contributed by atoms with Gasteiger partial charge in [0.2, 0.25) is 0 Å². The largest absolute Gasteiger partial charge is 0.497 e. The SMILES string of the molecule is COc1ccc(S/C(=C/c2ccccc2OCc2ccccc2)C(=O)c2ccc(Cl)cc2)cc1. The van der Waals surface area contributed by atoms with Gasteiger partial charge in [-0.1, -0.05) is 71.9 Å². The van der Waals surface area contributed by atoms with Crippen LogP contribution >= 0.6 is 23.4 Å². The second kappa shape index (κ2) is 11.6. The van der Waals surface area contributed by atoms with Crippen molar-refractivity contribution in [2.75, 3.05) is 7.11 Å². The Bertz CT molecular complexity index is 1270. The van der Waals surface area contributed by atoms with Crippen LogP contribution < -0.4 is 9.47 Å². The molecule has 170 valence electrons. The third-order valence-corrected chi connectivity index (χ3v) is 6.34. The van der Waals surface area contributed by atoms with Gasteiger partial charge in [0, 0.05) is 21.0 Å². The number of rotatable bonds is 9. The van der Waals surface area contributed by atoms with Crippen molar-refractivity contribution in [3.05, 3.63) is 130 Å². The van der Waals surface area contributed by atoms with E-state index in [1.54, 1.807) is 31.4 Å². The van der Waals surface area contributed by atoms with Crippen LogP contribution in [0.15, 0.2) is 113 Å². The van der Waals surface area contributed by atoms with E-state index in [1.807, 2.05) is 84.9 Å². The van der Waals surface area contributed by atoms with Crippen molar-refractivity contribution >= 4 is 35.2 Å². The first kappa shape index (κ1) is 23.7. The molecule has 0 aliphatic rings. The van der Waals surface area contributed by atoms with E-state index in [2.05, 4.69) is 0 Å². The molecule has 0 saturated heterocycles. The average Bonchev–Trinajstić information content (AvgIpc) is 2.89. The summed E-state index contributed by atoms with van der Waals surface area (Å²) < 4.78 is 11.4. The minimum Gasteiger partial charge on any atom is -0.497 e. The fraction of sp³-hybridized carbons (Fsp3) is 0.0690. The molecule has 0 aliphatic heterocycles. The number of Topliss-reactive ketones (excluding diaryl/α,β-unsaturated/α-hetero) is 1. The molecule has 0 aliphatic carbocycles. The van der Waals surface area contributed by atoms with Crippen LogP contribution in [0.1, 0.15) is 21.5 Å². The number of carbonyl (C=O) groups excluding carboxylic acids is 1. The number of carbonyl (C=O) groups is 1. The van der Waals surface area contributed by atoms with E-state index in [0.29, 0.717) is 27.8 Å². The van der Waals surface area contributed by atoms with Crippen molar-refractivity contribution in [3.63, 3.8) is 0 Å². The van der Waals surface area contributed by atoms with Gasteiger partial charge in [0.05, 0.1) is 12.0 Å². The Balaban J connectivity index is 1.66. The number of hydrogen-bond acceptors (Lipinski definition) is 4. The lowest BCUT2D eigenvalue weighted by Crippen LogP contribution is -2.02. The molecule has 0 amide bonds. The summed E-state index contributed by atoms with van der Waals surface area (Å²) in [6.45, 7) is 0.442. The molecule has 34 heavy (non-hydrogen) atoms. The van der Waals surface area contributed by atoms with Crippen LogP contribution in [-0.2, 0) is 6.61 Å². The average molecular weight is 487 g/mol. The summed E-state index contributed by atoms with van der Waals surface area (Å²) in [6, 6.07) is 32.3. The second-order valence-corrected chi connectivity index (χ2v) is 8.99. The third-order valence-electron chi connectivity index (χ3n) is 5.06. The van der Waals surface area contributed by atoms with Crippen molar-refractivity contribution in [3.8, 4) is 11.5 Å². The van der Waals surface area contributed by atoms with E-state index in [-0.39, 0.29) is 5.78 Å². The predicted molar refractivity (Wildman–Crippen MR) is 140 cm³/mol. The van der Waals surface area contributed by atoms with Gasteiger partial charge in [-0.3, -0.25) is 4.79 Å². The van der Waals surface area contributed by atoms with Crippen molar-refractivity contribution in [1.29, 1.82) is 0 Å². The molecule has 0 saturated carbocycles. The van der Waals surface area contributed by atoms with Crippen molar-refractivity contribution in [1.82, 2.24) is 0 Å². The van der Waals surface area contributed by atoms with Crippen LogP contribution in [0.2, 0.25) is 5.02 Å². The number of halogens is 1. The highest BCUT2D eigenvalue weighted by atomic mass is 35.5. The van der Waals surface area contributed by atoms with Gasteiger partial charge in [0.25, 0.3) is 0 Å². The fourth-order valence-corrected chi connectivity index (χ4v) is 4.31. The highest BCUT2D eigenvalue weighted by molar-refractivity contribution is 8.04. The second-order valence-electron chi connectivity index (χ2n) is 7.43. The summed E-state index contributed by atoms with van der Waals surface area (Å²) in [5.74, 6) is 1.39. The molecule has 0 N–H and O–H groups in total. The van der Waals surface area contributed by atoms with Gasteiger partial charge < -0.3 is 9.47 Å². The van der Waals surface area contributed by atoms with Crippen molar-refractivity contribution < 1.29 is 14.3 Å². The Kier molecular flexibility index (Phi) is 8.08. The van der Waals surface area contributed by atoms with Crippen LogP contribution in [0.5, 0.6) is 11.5 Å². The maximum atomic E-state index is 13.5. The van der Waals surface area contributed by atoms with Gasteiger partial charge in [-0.25, -0.2) is 0 Å². The van der Waals surface area contributed by atoms with E-state index >= 15 is 0 Å². The summed E-state index contributed by atoms with van der Waals surface area (Å²) in [7, 11) is 1.63. The lowest BCUT2D eigenvalue weighted by atomic mass is 10.1. The highest BCUT2D eigenvalue weighted by Crippen LogP contribution is 2.34. The van der Waals surface area contributed by atoms with Gasteiger partial charge in [-0.2, -0.15) is 0 Å². The van der Waals surface area contributed by atoms with E-state index in [0.717, 1.165) is 21.8 Å². The molecular formula is C29H23ClO3S. The quantitative estimate of drug-likeness (QED) is 0.137. The number of para-hydroxylation sites is 1. The maximum absolute atomic E-state index is 13.5. The molecule has 0 radical (unpaired) electrons. The predicted octanol–water partition coefficient (Wildman–Crippen LogP) is 7.94. The van der Waals surface area contributed by atoms with Crippen LogP contribution in [0.25, 0.3) is 6.08 Å². The lowest BCUT2D eigenvalue weighted by Gasteiger charge is -2.12. The molecule has 4 aromatic carbocycles. The van der Waals surface area contributed by atoms with Crippen LogP contribution in [0.3, 0.4) is 0 Å². The zero-order chi connectivity index (χ0) is 23.8. The smallest absolute Gasteiger partial charge is 0.199 e. The molecule has 3 nitrogen and oxygen atoms in total. The standard InChI is InChI=1S/C29H23ClO3S/c1-32-25-15-17-26(18-16-25)34-28(29(31)22-11-13-24(30)14-12-22)19-23-9-5-6-10-27(23)33-20-21-7-3-2-4-8-21/h2-19H,20H2,1H3/b28-19+. The minimum atomic E-state index is -0.0876. The number of thioether (sulfide) groups is 1. The zero-order valence-corrected chi connectivity index (χ0v) is 20.2. The lowest BCUT2D eigenvalue weighted by molar-refractivity contribution is 0.104. The Morgan fingerprint density at radius 3 is 2.24 bits per heavy atom. The number of hydrogen-bond donors (Lipinski definition) is 0. The van der Waals surface area contributed by atoms with Crippen molar-refractivity contribution in [2.45, 2.75) is 11.5 Å². The normalized spacial score (nSPS) is 11.2. The summed E-state index contributed by atoms with van der Waals surface area (Å²) >= 11 is 7.43. The molecule has 4 aromatic rings.